The quantitative estimate of drug-likeness (QED) is 0.741. The molecule has 0 N–H and O–H groups in total. The number of rotatable bonds is 3. The molecule has 5 heteroatoms. The van der Waals surface area contributed by atoms with Crippen molar-refractivity contribution in [3.8, 4) is 0 Å². The molecule has 1 aliphatic rings. The summed E-state index contributed by atoms with van der Waals surface area (Å²) in [7, 11) is 1.64. The molecule has 1 saturated heterocycles. The lowest BCUT2D eigenvalue weighted by Gasteiger charge is -2.39. The Hall–Kier alpha value is -0.710. The maximum atomic E-state index is 12.1. The van der Waals surface area contributed by atoms with Crippen molar-refractivity contribution in [2.45, 2.75) is 45.3 Å². The Morgan fingerprint density at radius 2 is 2.00 bits per heavy atom. The Morgan fingerprint density at radius 1 is 1.39 bits per heavy atom. The fourth-order valence-corrected chi connectivity index (χ4v) is 3.38. The van der Waals surface area contributed by atoms with Crippen LogP contribution in [0.3, 0.4) is 0 Å². The van der Waals surface area contributed by atoms with Gasteiger partial charge in [-0.25, -0.2) is 4.79 Å². The lowest BCUT2D eigenvalue weighted by Crippen LogP contribution is -2.55. The normalized spacial score (nSPS) is 23.3. The standard InChI is InChI=1S/C13H23NO3S/c1-12(2,3)17-11(16)14(5)13(4,9-15)10-6-7-18-8-10/h9-10H,6-8H2,1-5H3. The van der Waals surface area contributed by atoms with Crippen LogP contribution in [0.25, 0.3) is 0 Å². The third kappa shape index (κ3) is 3.40. The predicted octanol–water partition coefficient (Wildman–Crippen LogP) is 2.56. The highest BCUT2D eigenvalue weighted by molar-refractivity contribution is 7.99. The first-order valence-electron chi connectivity index (χ1n) is 6.21. The topological polar surface area (TPSA) is 46.6 Å². The summed E-state index contributed by atoms with van der Waals surface area (Å²) in [5, 5.41) is 0. The first-order chi connectivity index (χ1) is 8.20. The van der Waals surface area contributed by atoms with Crippen molar-refractivity contribution in [2.24, 2.45) is 5.92 Å². The number of likely N-dealkylation sites (N-methyl/N-ethyl adjacent to an activating group) is 1. The average Bonchev–Trinajstić information content (AvgIpc) is 2.78. The van der Waals surface area contributed by atoms with Crippen molar-refractivity contribution >= 4 is 24.1 Å². The molecule has 0 aromatic heterocycles. The van der Waals surface area contributed by atoms with Crippen LogP contribution in [-0.4, -0.2) is 47.0 Å². The summed E-state index contributed by atoms with van der Waals surface area (Å²) in [6.07, 6.45) is 1.41. The Kier molecular flexibility index (Phi) is 4.70. The van der Waals surface area contributed by atoms with Crippen LogP contribution in [-0.2, 0) is 9.53 Å². The Morgan fingerprint density at radius 3 is 2.39 bits per heavy atom. The van der Waals surface area contributed by atoms with Crippen LogP contribution in [0.4, 0.5) is 4.79 Å². The summed E-state index contributed by atoms with van der Waals surface area (Å²) in [6, 6.07) is 0. The molecule has 0 aromatic rings. The van der Waals surface area contributed by atoms with Crippen LogP contribution in [0.15, 0.2) is 0 Å². The van der Waals surface area contributed by atoms with Crippen molar-refractivity contribution in [3.05, 3.63) is 0 Å². The molecule has 4 nitrogen and oxygen atoms in total. The SMILES string of the molecule is CN(C(=O)OC(C)(C)C)C(C)(C=O)C1CCSC1. The highest BCUT2D eigenvalue weighted by atomic mass is 32.2. The summed E-state index contributed by atoms with van der Waals surface area (Å²) in [6.45, 7) is 7.29. The van der Waals surface area contributed by atoms with Gasteiger partial charge in [0.15, 0.2) is 0 Å². The van der Waals surface area contributed by atoms with Gasteiger partial charge in [0.25, 0.3) is 0 Å². The molecular weight excluding hydrogens is 250 g/mol. The smallest absolute Gasteiger partial charge is 0.410 e. The summed E-state index contributed by atoms with van der Waals surface area (Å²) in [5.41, 5.74) is -1.31. The van der Waals surface area contributed by atoms with E-state index in [2.05, 4.69) is 0 Å². The van der Waals surface area contributed by atoms with Crippen molar-refractivity contribution in [1.82, 2.24) is 4.90 Å². The number of thioether (sulfide) groups is 1. The van der Waals surface area contributed by atoms with Crippen molar-refractivity contribution in [1.29, 1.82) is 0 Å². The molecule has 104 valence electrons. The van der Waals surface area contributed by atoms with Crippen molar-refractivity contribution in [3.63, 3.8) is 0 Å². The maximum absolute atomic E-state index is 12.1. The lowest BCUT2D eigenvalue weighted by molar-refractivity contribution is -0.119. The zero-order valence-corrected chi connectivity index (χ0v) is 12.7. The molecule has 0 bridgehead atoms. The van der Waals surface area contributed by atoms with Crippen LogP contribution in [0.2, 0.25) is 0 Å². The summed E-state index contributed by atoms with van der Waals surface area (Å²) in [4.78, 5) is 25.0. The number of amides is 1. The van der Waals surface area contributed by atoms with Gasteiger partial charge in [-0.05, 0) is 51.5 Å². The lowest BCUT2D eigenvalue weighted by atomic mass is 9.85. The highest BCUT2D eigenvalue weighted by Crippen LogP contribution is 2.35. The van der Waals surface area contributed by atoms with Gasteiger partial charge in [-0.1, -0.05) is 0 Å². The van der Waals surface area contributed by atoms with Gasteiger partial charge in [-0.2, -0.15) is 11.8 Å². The Balaban J connectivity index is 2.80. The van der Waals surface area contributed by atoms with E-state index in [9.17, 15) is 9.59 Å². The van der Waals surface area contributed by atoms with Gasteiger partial charge in [0.2, 0.25) is 0 Å². The largest absolute Gasteiger partial charge is 0.444 e. The van der Waals surface area contributed by atoms with E-state index in [-0.39, 0.29) is 5.92 Å². The van der Waals surface area contributed by atoms with E-state index in [1.807, 2.05) is 39.5 Å². The van der Waals surface area contributed by atoms with Gasteiger partial charge in [0.1, 0.15) is 17.4 Å². The number of ether oxygens (including phenoxy) is 1. The van der Waals surface area contributed by atoms with Gasteiger partial charge in [0, 0.05) is 7.05 Å². The predicted molar refractivity (Wildman–Crippen MR) is 73.9 cm³/mol. The molecule has 0 aromatic carbocycles. The van der Waals surface area contributed by atoms with E-state index >= 15 is 0 Å². The van der Waals surface area contributed by atoms with Gasteiger partial charge in [-0.3, -0.25) is 4.90 Å². The molecule has 1 amide bonds. The fraction of sp³-hybridized carbons (Fsp3) is 0.846. The van der Waals surface area contributed by atoms with Crippen molar-refractivity contribution in [2.75, 3.05) is 18.6 Å². The van der Waals surface area contributed by atoms with E-state index in [0.717, 1.165) is 24.2 Å². The fourth-order valence-electron chi connectivity index (χ4n) is 1.97. The molecular formula is C13H23NO3S. The second-order valence-corrected chi connectivity index (χ2v) is 7.09. The molecule has 1 fully saturated rings. The van der Waals surface area contributed by atoms with Crippen LogP contribution < -0.4 is 0 Å². The second-order valence-electron chi connectivity index (χ2n) is 5.94. The van der Waals surface area contributed by atoms with Gasteiger partial charge < -0.3 is 9.53 Å². The molecule has 1 aliphatic heterocycles. The first kappa shape index (κ1) is 15.3. The molecule has 0 radical (unpaired) electrons. The Labute approximate surface area is 113 Å². The molecule has 1 heterocycles. The third-order valence-corrected chi connectivity index (χ3v) is 4.55. The third-order valence-electron chi connectivity index (χ3n) is 3.38. The summed E-state index contributed by atoms with van der Waals surface area (Å²) in [5.74, 6) is 2.18. The summed E-state index contributed by atoms with van der Waals surface area (Å²) >= 11 is 1.83. The molecule has 1 rings (SSSR count). The zero-order valence-electron chi connectivity index (χ0n) is 11.9. The molecule has 0 saturated carbocycles. The molecule has 2 atom stereocenters. The van der Waals surface area contributed by atoms with Gasteiger partial charge >= 0.3 is 6.09 Å². The average molecular weight is 273 g/mol. The van der Waals surface area contributed by atoms with Crippen LogP contribution in [0.1, 0.15) is 34.1 Å². The number of carbonyl (C=O) groups is 2. The molecule has 18 heavy (non-hydrogen) atoms. The molecule has 0 spiro atoms. The minimum atomic E-state index is -0.772. The van der Waals surface area contributed by atoms with E-state index in [1.165, 1.54) is 4.90 Å². The monoisotopic (exact) mass is 273 g/mol. The first-order valence-corrected chi connectivity index (χ1v) is 7.37. The number of nitrogens with zero attached hydrogens (tertiary/aromatic N) is 1. The molecule has 2 unspecified atom stereocenters. The van der Waals surface area contributed by atoms with E-state index < -0.39 is 17.2 Å². The van der Waals surface area contributed by atoms with E-state index in [0.29, 0.717) is 0 Å². The van der Waals surface area contributed by atoms with Crippen LogP contribution >= 0.6 is 11.8 Å². The van der Waals surface area contributed by atoms with Crippen molar-refractivity contribution < 1.29 is 14.3 Å². The summed E-state index contributed by atoms with van der Waals surface area (Å²) < 4.78 is 5.33. The van der Waals surface area contributed by atoms with E-state index in [4.69, 9.17) is 4.74 Å². The minimum Gasteiger partial charge on any atom is -0.444 e. The second kappa shape index (κ2) is 5.51. The zero-order chi connectivity index (χ0) is 14.0. The van der Waals surface area contributed by atoms with Crippen LogP contribution in [0.5, 0.6) is 0 Å². The number of carbonyl (C=O) groups excluding carboxylic acids is 2. The van der Waals surface area contributed by atoms with Gasteiger partial charge in [-0.15, -0.1) is 0 Å². The van der Waals surface area contributed by atoms with E-state index in [1.54, 1.807) is 7.05 Å². The van der Waals surface area contributed by atoms with Gasteiger partial charge in [0.05, 0.1) is 0 Å². The number of hydrogen-bond acceptors (Lipinski definition) is 4. The highest BCUT2D eigenvalue weighted by Gasteiger charge is 2.43. The number of aldehydes is 1. The Bertz CT molecular complexity index is 321. The number of hydrogen-bond donors (Lipinski definition) is 0. The maximum Gasteiger partial charge on any atom is 0.410 e. The van der Waals surface area contributed by atoms with Crippen LogP contribution in [0, 0.1) is 5.92 Å². The minimum absolute atomic E-state index is 0.206. The molecule has 0 aliphatic carbocycles.